The third-order valence-electron chi connectivity index (χ3n) is 2.82. The normalized spacial score (nSPS) is 12.2. The monoisotopic (exact) mass is 298 g/mol. The van der Waals surface area contributed by atoms with Gasteiger partial charge in [0.05, 0.1) is 11.1 Å². The quantitative estimate of drug-likeness (QED) is 0.914. The van der Waals surface area contributed by atoms with Crippen molar-refractivity contribution in [3.05, 3.63) is 64.2 Å². The van der Waals surface area contributed by atoms with Crippen LogP contribution in [0.2, 0.25) is 5.02 Å². The molecule has 2 nitrogen and oxygen atoms in total. The summed E-state index contributed by atoms with van der Waals surface area (Å²) in [5, 5.41) is 9.85. The smallest absolute Gasteiger partial charge is 0.125 e. The highest BCUT2D eigenvalue weighted by atomic mass is 35.5. The molecule has 0 spiro atoms. The largest absolute Gasteiger partial charge is 0.488 e. The second-order valence-electron chi connectivity index (χ2n) is 4.38. The predicted molar refractivity (Wildman–Crippen MR) is 72.8 cm³/mol. The van der Waals surface area contributed by atoms with Gasteiger partial charge in [-0.2, -0.15) is 0 Å². The number of hydrogen-bond donors (Lipinski definition) is 1. The third kappa shape index (κ3) is 3.46. The molecule has 20 heavy (non-hydrogen) atoms. The molecule has 0 bridgehead atoms. The van der Waals surface area contributed by atoms with Gasteiger partial charge in [-0.15, -0.1) is 0 Å². The maximum Gasteiger partial charge on any atom is 0.125 e. The minimum Gasteiger partial charge on any atom is -0.488 e. The molecule has 0 aliphatic carbocycles. The van der Waals surface area contributed by atoms with Crippen LogP contribution in [-0.4, -0.2) is 5.11 Å². The maximum atomic E-state index is 13.1. The number of halogens is 3. The number of hydrogen-bond acceptors (Lipinski definition) is 2. The van der Waals surface area contributed by atoms with E-state index < -0.39 is 17.7 Å². The van der Waals surface area contributed by atoms with Gasteiger partial charge in [0.1, 0.15) is 24.0 Å². The summed E-state index contributed by atoms with van der Waals surface area (Å²) in [5.74, 6) is -0.514. The van der Waals surface area contributed by atoms with E-state index in [0.29, 0.717) is 16.9 Å². The Hall–Kier alpha value is -1.65. The molecular formula is C15H13ClF2O2. The Labute approximate surface area is 120 Å². The van der Waals surface area contributed by atoms with Gasteiger partial charge in [0.15, 0.2) is 0 Å². The minimum absolute atomic E-state index is 0.102. The lowest BCUT2D eigenvalue weighted by molar-refractivity contribution is 0.189. The van der Waals surface area contributed by atoms with Crippen molar-refractivity contribution in [2.75, 3.05) is 0 Å². The Morgan fingerprint density at radius 2 is 1.80 bits per heavy atom. The lowest BCUT2D eigenvalue weighted by Crippen LogP contribution is -2.02. The van der Waals surface area contributed by atoms with E-state index in [9.17, 15) is 13.9 Å². The van der Waals surface area contributed by atoms with Crippen LogP contribution in [0.15, 0.2) is 36.4 Å². The summed E-state index contributed by atoms with van der Waals surface area (Å²) < 4.78 is 31.6. The molecule has 106 valence electrons. The average molecular weight is 299 g/mol. The molecule has 0 heterocycles. The Kier molecular flexibility index (Phi) is 4.57. The zero-order valence-corrected chi connectivity index (χ0v) is 11.5. The second kappa shape index (κ2) is 6.20. The van der Waals surface area contributed by atoms with Crippen LogP contribution in [0.4, 0.5) is 8.78 Å². The second-order valence-corrected chi connectivity index (χ2v) is 4.79. The Morgan fingerprint density at radius 3 is 2.45 bits per heavy atom. The standard InChI is InChI=1S/C15H13ClF2O2/c1-9(19)13-6-11(17)4-5-15(13)20-8-10-2-3-12(18)7-14(10)16/h2-7,9,19H,8H2,1H3. The summed E-state index contributed by atoms with van der Waals surface area (Å²) in [4.78, 5) is 0. The van der Waals surface area contributed by atoms with Crippen LogP contribution < -0.4 is 4.74 Å². The van der Waals surface area contributed by atoms with E-state index in [4.69, 9.17) is 16.3 Å². The first-order valence-corrected chi connectivity index (χ1v) is 6.39. The SMILES string of the molecule is CC(O)c1cc(F)ccc1OCc1ccc(F)cc1Cl. The van der Waals surface area contributed by atoms with Gasteiger partial charge in [-0.3, -0.25) is 0 Å². The number of rotatable bonds is 4. The first-order valence-electron chi connectivity index (χ1n) is 6.01. The highest BCUT2D eigenvalue weighted by molar-refractivity contribution is 6.31. The molecule has 0 saturated heterocycles. The van der Waals surface area contributed by atoms with Gasteiger partial charge in [-0.05, 0) is 37.3 Å². The van der Waals surface area contributed by atoms with Crippen molar-refractivity contribution in [2.45, 2.75) is 19.6 Å². The molecule has 5 heteroatoms. The fraction of sp³-hybridized carbons (Fsp3) is 0.200. The van der Waals surface area contributed by atoms with Crippen molar-refractivity contribution in [3.8, 4) is 5.75 Å². The van der Waals surface area contributed by atoms with E-state index in [2.05, 4.69) is 0 Å². The topological polar surface area (TPSA) is 29.5 Å². The van der Waals surface area contributed by atoms with Crippen LogP contribution in [0.25, 0.3) is 0 Å². The fourth-order valence-corrected chi connectivity index (χ4v) is 1.99. The Balaban J connectivity index is 2.18. The summed E-state index contributed by atoms with van der Waals surface area (Å²) in [7, 11) is 0. The van der Waals surface area contributed by atoms with Gasteiger partial charge < -0.3 is 9.84 Å². The van der Waals surface area contributed by atoms with E-state index in [1.807, 2.05) is 0 Å². The van der Waals surface area contributed by atoms with E-state index in [0.717, 1.165) is 0 Å². The fourth-order valence-electron chi connectivity index (χ4n) is 1.77. The highest BCUT2D eigenvalue weighted by Gasteiger charge is 2.11. The van der Waals surface area contributed by atoms with Crippen LogP contribution in [0.3, 0.4) is 0 Å². The van der Waals surface area contributed by atoms with Crippen LogP contribution in [0.5, 0.6) is 5.75 Å². The Morgan fingerprint density at radius 1 is 1.15 bits per heavy atom. The van der Waals surface area contributed by atoms with Crippen LogP contribution in [0.1, 0.15) is 24.2 Å². The molecule has 0 aliphatic rings. The predicted octanol–water partition coefficient (Wildman–Crippen LogP) is 4.25. The van der Waals surface area contributed by atoms with E-state index in [-0.39, 0.29) is 11.6 Å². The molecule has 0 aliphatic heterocycles. The number of aliphatic hydroxyl groups excluding tert-OH is 1. The summed E-state index contributed by atoms with van der Waals surface area (Å²) in [6.07, 6.45) is -0.857. The van der Waals surface area contributed by atoms with Crippen molar-refractivity contribution in [3.63, 3.8) is 0 Å². The molecule has 0 radical (unpaired) electrons. The van der Waals surface area contributed by atoms with Crippen LogP contribution >= 0.6 is 11.6 Å². The third-order valence-corrected chi connectivity index (χ3v) is 3.17. The zero-order chi connectivity index (χ0) is 14.7. The first kappa shape index (κ1) is 14.8. The zero-order valence-electron chi connectivity index (χ0n) is 10.7. The number of benzene rings is 2. The van der Waals surface area contributed by atoms with Gasteiger partial charge in [0, 0.05) is 11.1 Å². The molecule has 1 atom stereocenters. The van der Waals surface area contributed by atoms with E-state index in [1.54, 1.807) is 0 Å². The maximum absolute atomic E-state index is 13.1. The van der Waals surface area contributed by atoms with Crippen LogP contribution in [0, 0.1) is 11.6 Å². The van der Waals surface area contributed by atoms with Gasteiger partial charge in [0.2, 0.25) is 0 Å². The van der Waals surface area contributed by atoms with Crippen molar-refractivity contribution in [1.82, 2.24) is 0 Å². The summed E-state index contributed by atoms with van der Waals surface area (Å²) in [6, 6.07) is 7.89. The van der Waals surface area contributed by atoms with E-state index in [1.165, 1.54) is 43.3 Å². The molecule has 2 aromatic rings. The van der Waals surface area contributed by atoms with Crippen LogP contribution in [-0.2, 0) is 6.61 Å². The molecule has 1 unspecified atom stereocenters. The molecule has 2 rings (SSSR count). The van der Waals surface area contributed by atoms with Crippen molar-refractivity contribution in [1.29, 1.82) is 0 Å². The van der Waals surface area contributed by atoms with Gasteiger partial charge in [-0.25, -0.2) is 8.78 Å². The lowest BCUT2D eigenvalue weighted by Gasteiger charge is -2.14. The molecule has 0 amide bonds. The van der Waals surface area contributed by atoms with E-state index >= 15 is 0 Å². The molecule has 0 fully saturated rings. The Bertz CT molecular complexity index is 615. The molecule has 0 aromatic heterocycles. The van der Waals surface area contributed by atoms with Gasteiger partial charge in [-0.1, -0.05) is 17.7 Å². The lowest BCUT2D eigenvalue weighted by atomic mass is 10.1. The van der Waals surface area contributed by atoms with Crippen molar-refractivity contribution in [2.24, 2.45) is 0 Å². The summed E-state index contributed by atoms with van der Waals surface area (Å²) in [5.41, 5.74) is 0.956. The van der Waals surface area contributed by atoms with Crippen molar-refractivity contribution >= 4 is 11.6 Å². The molecule has 0 saturated carbocycles. The summed E-state index contributed by atoms with van der Waals surface area (Å²) >= 11 is 5.89. The molecular weight excluding hydrogens is 286 g/mol. The first-order chi connectivity index (χ1) is 9.47. The number of aliphatic hydroxyl groups is 1. The van der Waals surface area contributed by atoms with Gasteiger partial charge in [0.25, 0.3) is 0 Å². The number of ether oxygens (including phenoxy) is 1. The van der Waals surface area contributed by atoms with Crippen molar-refractivity contribution < 1.29 is 18.6 Å². The molecule has 1 N–H and O–H groups in total. The summed E-state index contributed by atoms with van der Waals surface area (Å²) in [6.45, 7) is 1.62. The minimum atomic E-state index is -0.857. The molecule has 2 aromatic carbocycles. The average Bonchev–Trinajstić information content (AvgIpc) is 2.38. The highest BCUT2D eigenvalue weighted by Crippen LogP contribution is 2.27. The van der Waals surface area contributed by atoms with Gasteiger partial charge >= 0.3 is 0 Å².